The Balaban J connectivity index is 5.01. The van der Waals surface area contributed by atoms with Crippen LogP contribution in [0.5, 0.6) is 0 Å². The quantitative estimate of drug-likeness (QED) is 0.0255. The van der Waals surface area contributed by atoms with Crippen molar-refractivity contribution in [2.24, 2.45) is 29.6 Å². The molecule has 0 spiro atoms. The monoisotopic (exact) mass is 980 g/mol. The van der Waals surface area contributed by atoms with Crippen molar-refractivity contribution in [3.63, 3.8) is 0 Å². The summed E-state index contributed by atoms with van der Waals surface area (Å²) in [5.74, 6) is 3.27. The van der Waals surface area contributed by atoms with Gasteiger partial charge in [0.1, 0.15) is 6.10 Å². The van der Waals surface area contributed by atoms with Crippen LogP contribution in [0.25, 0.3) is 0 Å². The second-order valence-electron chi connectivity index (χ2n) is 21.5. The highest BCUT2D eigenvalue weighted by Crippen LogP contribution is 2.25. The van der Waals surface area contributed by atoms with E-state index in [0.29, 0.717) is 58.0 Å². The number of hydrogen-bond acceptors (Lipinski definition) is 9. The summed E-state index contributed by atoms with van der Waals surface area (Å²) < 4.78 is 29.8. The zero-order valence-electron chi connectivity index (χ0n) is 47.5. The van der Waals surface area contributed by atoms with Gasteiger partial charge in [0.15, 0.2) is 6.29 Å². The summed E-state index contributed by atoms with van der Waals surface area (Å²) in [6, 6.07) is 0. The van der Waals surface area contributed by atoms with Gasteiger partial charge in [0.2, 0.25) is 0 Å². The number of hydrogen-bond donors (Lipinski definition) is 0. The Morgan fingerprint density at radius 3 is 1.20 bits per heavy atom. The minimum absolute atomic E-state index is 0.0775. The molecule has 9 heteroatoms. The van der Waals surface area contributed by atoms with Crippen LogP contribution in [0.15, 0.2) is 0 Å². The van der Waals surface area contributed by atoms with Crippen LogP contribution in [0, 0.1) is 29.6 Å². The van der Waals surface area contributed by atoms with Gasteiger partial charge in [-0.3, -0.25) is 14.4 Å². The van der Waals surface area contributed by atoms with E-state index in [2.05, 4.69) is 74.1 Å². The van der Waals surface area contributed by atoms with E-state index < -0.39 is 0 Å². The van der Waals surface area contributed by atoms with Crippen molar-refractivity contribution < 1.29 is 38.1 Å². The van der Waals surface area contributed by atoms with E-state index in [0.717, 1.165) is 120 Å². The Morgan fingerprint density at radius 2 is 0.768 bits per heavy atom. The highest BCUT2D eigenvalue weighted by Gasteiger charge is 2.18. The van der Waals surface area contributed by atoms with Gasteiger partial charge in [0, 0.05) is 32.5 Å². The Labute approximate surface area is 428 Å². The van der Waals surface area contributed by atoms with Crippen LogP contribution in [0.1, 0.15) is 281 Å². The first-order valence-electron chi connectivity index (χ1n) is 29.9. The van der Waals surface area contributed by atoms with Gasteiger partial charge in [-0.1, -0.05) is 185 Å². The van der Waals surface area contributed by atoms with Crippen molar-refractivity contribution in [2.45, 2.75) is 294 Å². The maximum Gasteiger partial charge on any atom is 0.306 e. The van der Waals surface area contributed by atoms with E-state index in [9.17, 15) is 14.4 Å². The molecule has 0 aromatic heterocycles. The fourth-order valence-electron chi connectivity index (χ4n) is 8.96. The molecule has 0 saturated carbocycles. The zero-order chi connectivity index (χ0) is 51.2. The summed E-state index contributed by atoms with van der Waals surface area (Å²) in [6.07, 6.45) is 32.8. The van der Waals surface area contributed by atoms with Gasteiger partial charge in [-0.2, -0.15) is 0 Å². The van der Waals surface area contributed by atoms with Crippen molar-refractivity contribution in [1.29, 1.82) is 0 Å². The van der Waals surface area contributed by atoms with E-state index in [1.165, 1.54) is 103 Å². The predicted molar refractivity (Wildman–Crippen MR) is 290 cm³/mol. The van der Waals surface area contributed by atoms with Gasteiger partial charge in [0.05, 0.1) is 19.6 Å². The average Bonchev–Trinajstić information content (AvgIpc) is 3.35. The molecule has 0 heterocycles. The Bertz CT molecular complexity index is 1040. The molecule has 0 amide bonds. The summed E-state index contributed by atoms with van der Waals surface area (Å²) in [5.41, 5.74) is 0. The minimum Gasteiger partial charge on any atom is -0.466 e. The zero-order valence-corrected chi connectivity index (χ0v) is 47.5. The van der Waals surface area contributed by atoms with Gasteiger partial charge in [-0.05, 0) is 120 Å². The van der Waals surface area contributed by atoms with Crippen LogP contribution < -0.4 is 0 Å². The molecule has 0 rings (SSSR count). The van der Waals surface area contributed by atoms with Crippen LogP contribution in [0.2, 0.25) is 0 Å². The summed E-state index contributed by atoms with van der Waals surface area (Å²) in [6.45, 7) is 27.8. The topological polar surface area (TPSA) is 101 Å². The van der Waals surface area contributed by atoms with Gasteiger partial charge in [-0.15, -0.1) is 0 Å². The lowest BCUT2D eigenvalue weighted by molar-refractivity contribution is -0.159. The summed E-state index contributed by atoms with van der Waals surface area (Å²) >= 11 is 0. The lowest BCUT2D eigenvalue weighted by Gasteiger charge is -2.20. The molecule has 0 saturated heterocycles. The maximum atomic E-state index is 13.0. The molecule has 410 valence electrons. The van der Waals surface area contributed by atoms with Crippen molar-refractivity contribution in [2.75, 3.05) is 46.1 Å². The number of unbranched alkanes of at least 4 members (excludes halogenated alkanes) is 9. The summed E-state index contributed by atoms with van der Waals surface area (Å²) in [5, 5.41) is 0. The SMILES string of the molecule is CCC(C)CCCCCC(CCCCCC(C)CC)CCC(=O)OCCCCC(CCCCOC(=O)CCC(OCCCCC(C)CC)OCCCCC(C)CC)OC(=O)CCCCN(CC)CC. The maximum absolute atomic E-state index is 13.0. The van der Waals surface area contributed by atoms with Crippen LogP contribution in [-0.2, 0) is 38.1 Å². The van der Waals surface area contributed by atoms with Crippen LogP contribution in [0.3, 0.4) is 0 Å². The Morgan fingerprint density at radius 1 is 0.377 bits per heavy atom. The third-order valence-electron chi connectivity index (χ3n) is 15.2. The highest BCUT2D eigenvalue weighted by molar-refractivity contribution is 5.70. The molecular formula is C60H117NO8. The van der Waals surface area contributed by atoms with E-state index in [1.807, 2.05) is 0 Å². The fourth-order valence-corrected chi connectivity index (χ4v) is 8.96. The molecule has 0 aromatic carbocycles. The first kappa shape index (κ1) is 67.3. The molecule has 9 nitrogen and oxygen atoms in total. The van der Waals surface area contributed by atoms with Crippen LogP contribution in [0.4, 0.5) is 0 Å². The predicted octanol–water partition coefficient (Wildman–Crippen LogP) is 16.8. The highest BCUT2D eigenvalue weighted by atomic mass is 16.7. The van der Waals surface area contributed by atoms with E-state index >= 15 is 0 Å². The normalized spacial score (nSPS) is 14.8. The first-order valence-corrected chi connectivity index (χ1v) is 29.9. The van der Waals surface area contributed by atoms with E-state index in [1.54, 1.807) is 0 Å². The smallest absolute Gasteiger partial charge is 0.306 e. The van der Waals surface area contributed by atoms with Crippen LogP contribution >= 0.6 is 0 Å². The number of nitrogens with zero attached hydrogens (tertiary/aromatic N) is 1. The Hall–Kier alpha value is -1.71. The second kappa shape index (κ2) is 48.6. The molecule has 5 atom stereocenters. The largest absolute Gasteiger partial charge is 0.466 e. The molecule has 5 unspecified atom stereocenters. The number of esters is 3. The number of carbonyl (C=O) groups is 3. The lowest BCUT2D eigenvalue weighted by Crippen LogP contribution is -2.24. The molecule has 0 fully saturated rings. The molecule has 0 aliphatic carbocycles. The molecule has 0 radical (unpaired) electrons. The number of carbonyl (C=O) groups excluding carboxylic acids is 3. The van der Waals surface area contributed by atoms with Gasteiger partial charge < -0.3 is 28.6 Å². The molecule has 0 bridgehead atoms. The van der Waals surface area contributed by atoms with E-state index in [4.69, 9.17) is 23.7 Å². The first-order chi connectivity index (χ1) is 33.4. The molecule has 0 aromatic rings. The van der Waals surface area contributed by atoms with Crippen molar-refractivity contribution in [3.8, 4) is 0 Å². The van der Waals surface area contributed by atoms with Crippen LogP contribution in [-0.4, -0.2) is 81.3 Å². The van der Waals surface area contributed by atoms with Crippen molar-refractivity contribution >= 4 is 17.9 Å². The Kier molecular flexibility index (Phi) is 47.3. The third kappa shape index (κ3) is 43.6. The van der Waals surface area contributed by atoms with Crippen molar-refractivity contribution in [1.82, 2.24) is 4.90 Å². The molecule has 0 aliphatic rings. The molecule has 0 aliphatic heterocycles. The van der Waals surface area contributed by atoms with Gasteiger partial charge in [-0.25, -0.2) is 0 Å². The number of rotatable bonds is 52. The summed E-state index contributed by atoms with van der Waals surface area (Å²) in [4.78, 5) is 41.1. The minimum atomic E-state index is -0.388. The number of ether oxygens (including phenoxy) is 5. The molecular weight excluding hydrogens is 863 g/mol. The molecule has 0 N–H and O–H groups in total. The van der Waals surface area contributed by atoms with Gasteiger partial charge >= 0.3 is 17.9 Å². The average molecular weight is 981 g/mol. The third-order valence-corrected chi connectivity index (χ3v) is 15.2. The second-order valence-corrected chi connectivity index (χ2v) is 21.5. The summed E-state index contributed by atoms with van der Waals surface area (Å²) in [7, 11) is 0. The molecule has 69 heavy (non-hydrogen) atoms. The van der Waals surface area contributed by atoms with E-state index in [-0.39, 0.29) is 36.7 Å². The van der Waals surface area contributed by atoms with Gasteiger partial charge in [0.25, 0.3) is 0 Å². The lowest BCUT2D eigenvalue weighted by atomic mass is 9.89. The standard InChI is InChI=1S/C60H117NO8/c1-11-51(7)33-19-17-21-37-55(38-22-18-20-34-52(8)12-2)42-43-57(62)65-47-31-26-39-56(69-59(64)41-23-28-46-61(15-5)16-6)40-27-32-48-66-58(63)44-45-60(67-49-29-24-35-53(9)13-3)68-50-30-25-36-54(10)14-4/h51-56,60H,11-50H2,1-10H3. The fraction of sp³-hybridized carbons (Fsp3) is 0.950. The van der Waals surface area contributed by atoms with Crippen molar-refractivity contribution in [3.05, 3.63) is 0 Å².